The maximum Gasteiger partial charge on any atom is 0.319 e. The molecule has 0 saturated carbocycles. The molecule has 1 atom stereocenters. The van der Waals surface area contributed by atoms with Crippen LogP contribution in [-0.4, -0.2) is 25.1 Å². The van der Waals surface area contributed by atoms with Crippen molar-refractivity contribution in [1.29, 1.82) is 0 Å². The lowest BCUT2D eigenvalue weighted by Crippen LogP contribution is -2.37. The molecule has 0 aliphatic rings. The lowest BCUT2D eigenvalue weighted by Gasteiger charge is -2.17. The molecule has 0 saturated heterocycles. The highest BCUT2D eigenvalue weighted by atomic mass is 16.5. The molecule has 0 spiro atoms. The van der Waals surface area contributed by atoms with Gasteiger partial charge in [-0.2, -0.15) is 0 Å². The number of carbonyl (C=O) groups is 2. The van der Waals surface area contributed by atoms with E-state index < -0.39 is 0 Å². The summed E-state index contributed by atoms with van der Waals surface area (Å²) in [6.45, 7) is 7.10. The number of urea groups is 1. The van der Waals surface area contributed by atoms with Gasteiger partial charge in [0, 0.05) is 24.7 Å². The van der Waals surface area contributed by atoms with E-state index in [1.54, 1.807) is 24.3 Å². The standard InChI is InChI=1S/C16H23N3O3/c1-5-7-12(6-2)18-16(21)19-14-9-8-13(17-11(3)20)10-15(14)22-4/h5,8-10,12H,1,6-7H2,2-4H3,(H,17,20)(H2,18,19,21)/t12-/m1/s1. The molecule has 1 aromatic rings. The first kappa shape index (κ1) is 17.6. The molecule has 0 heterocycles. The summed E-state index contributed by atoms with van der Waals surface area (Å²) in [5.74, 6) is 0.300. The number of methoxy groups -OCH3 is 1. The average molecular weight is 305 g/mol. The minimum atomic E-state index is -0.306. The maximum atomic E-state index is 12.0. The smallest absolute Gasteiger partial charge is 0.319 e. The minimum absolute atomic E-state index is 0.0437. The van der Waals surface area contributed by atoms with Crippen LogP contribution < -0.4 is 20.7 Å². The van der Waals surface area contributed by atoms with Crippen molar-refractivity contribution < 1.29 is 14.3 Å². The Balaban J connectivity index is 2.77. The van der Waals surface area contributed by atoms with Gasteiger partial charge in [0.1, 0.15) is 5.75 Å². The van der Waals surface area contributed by atoms with Crippen molar-refractivity contribution in [3.63, 3.8) is 0 Å². The minimum Gasteiger partial charge on any atom is -0.494 e. The number of hydrogen-bond acceptors (Lipinski definition) is 3. The molecule has 0 bridgehead atoms. The zero-order valence-corrected chi connectivity index (χ0v) is 13.2. The number of carbonyl (C=O) groups excluding carboxylic acids is 2. The van der Waals surface area contributed by atoms with E-state index in [4.69, 9.17) is 4.74 Å². The van der Waals surface area contributed by atoms with Crippen molar-refractivity contribution in [3.05, 3.63) is 30.9 Å². The molecule has 6 nitrogen and oxygen atoms in total. The fraction of sp³-hybridized carbons (Fsp3) is 0.375. The van der Waals surface area contributed by atoms with E-state index in [1.165, 1.54) is 14.0 Å². The maximum absolute atomic E-state index is 12.0. The number of benzene rings is 1. The van der Waals surface area contributed by atoms with Gasteiger partial charge in [-0.15, -0.1) is 6.58 Å². The summed E-state index contributed by atoms with van der Waals surface area (Å²) in [5, 5.41) is 8.27. The molecule has 120 valence electrons. The lowest BCUT2D eigenvalue weighted by molar-refractivity contribution is -0.114. The van der Waals surface area contributed by atoms with Gasteiger partial charge in [-0.05, 0) is 25.0 Å². The Morgan fingerprint density at radius 3 is 2.64 bits per heavy atom. The quantitative estimate of drug-likeness (QED) is 0.677. The van der Waals surface area contributed by atoms with Crippen LogP contribution in [0, 0.1) is 0 Å². The Kier molecular flexibility index (Phi) is 6.95. The van der Waals surface area contributed by atoms with Crippen molar-refractivity contribution >= 4 is 23.3 Å². The van der Waals surface area contributed by atoms with E-state index in [0.717, 1.165) is 6.42 Å². The molecule has 1 rings (SSSR count). The SMILES string of the molecule is C=CC[C@@H](CC)NC(=O)Nc1ccc(NC(C)=O)cc1OC. The van der Waals surface area contributed by atoms with Crippen molar-refractivity contribution in [2.75, 3.05) is 17.7 Å². The highest BCUT2D eigenvalue weighted by Gasteiger charge is 2.12. The van der Waals surface area contributed by atoms with Gasteiger partial charge in [0.05, 0.1) is 12.8 Å². The number of amides is 3. The molecular weight excluding hydrogens is 282 g/mol. The Morgan fingerprint density at radius 1 is 1.36 bits per heavy atom. The number of rotatable bonds is 7. The van der Waals surface area contributed by atoms with Gasteiger partial charge in [0.2, 0.25) is 5.91 Å². The van der Waals surface area contributed by atoms with Gasteiger partial charge < -0.3 is 20.7 Å². The van der Waals surface area contributed by atoms with Crippen LogP contribution in [0.25, 0.3) is 0 Å². The fourth-order valence-electron chi connectivity index (χ4n) is 1.95. The van der Waals surface area contributed by atoms with Crippen molar-refractivity contribution in [2.24, 2.45) is 0 Å². The Bertz CT molecular complexity index is 543. The zero-order chi connectivity index (χ0) is 16.5. The molecule has 3 amide bonds. The highest BCUT2D eigenvalue weighted by molar-refractivity contribution is 5.93. The van der Waals surface area contributed by atoms with Gasteiger partial charge in [0.25, 0.3) is 0 Å². The first-order chi connectivity index (χ1) is 10.5. The molecular formula is C16H23N3O3. The molecule has 0 radical (unpaired) electrons. The lowest BCUT2D eigenvalue weighted by atomic mass is 10.1. The van der Waals surface area contributed by atoms with Crippen LogP contribution in [0.3, 0.4) is 0 Å². The molecule has 3 N–H and O–H groups in total. The topological polar surface area (TPSA) is 79.5 Å². The zero-order valence-electron chi connectivity index (χ0n) is 13.2. The third-order valence-electron chi connectivity index (χ3n) is 3.05. The Labute approximate surface area is 130 Å². The number of nitrogens with one attached hydrogen (secondary N) is 3. The summed E-state index contributed by atoms with van der Waals surface area (Å²) >= 11 is 0. The first-order valence-corrected chi connectivity index (χ1v) is 7.14. The van der Waals surface area contributed by atoms with Gasteiger partial charge in [-0.1, -0.05) is 13.0 Å². The van der Waals surface area contributed by atoms with Crippen LogP contribution in [0.4, 0.5) is 16.2 Å². The van der Waals surface area contributed by atoms with E-state index in [1.807, 2.05) is 6.92 Å². The van der Waals surface area contributed by atoms with E-state index in [0.29, 0.717) is 23.5 Å². The molecule has 0 aliphatic carbocycles. The molecule has 22 heavy (non-hydrogen) atoms. The second-order valence-electron chi connectivity index (χ2n) is 4.82. The second-order valence-corrected chi connectivity index (χ2v) is 4.82. The molecule has 0 aromatic heterocycles. The predicted molar refractivity (Wildman–Crippen MR) is 88.3 cm³/mol. The fourth-order valence-corrected chi connectivity index (χ4v) is 1.95. The summed E-state index contributed by atoms with van der Waals surface area (Å²) in [7, 11) is 1.50. The summed E-state index contributed by atoms with van der Waals surface area (Å²) in [5.41, 5.74) is 1.14. The summed E-state index contributed by atoms with van der Waals surface area (Å²) in [6, 6.07) is 4.76. The van der Waals surface area contributed by atoms with Crippen LogP contribution in [-0.2, 0) is 4.79 Å². The number of hydrogen-bond donors (Lipinski definition) is 3. The van der Waals surface area contributed by atoms with E-state index in [-0.39, 0.29) is 18.0 Å². The number of anilines is 2. The summed E-state index contributed by atoms with van der Waals surface area (Å²) in [4.78, 5) is 23.1. The average Bonchev–Trinajstić information content (AvgIpc) is 2.47. The van der Waals surface area contributed by atoms with E-state index in [2.05, 4.69) is 22.5 Å². The van der Waals surface area contributed by atoms with Gasteiger partial charge >= 0.3 is 6.03 Å². The monoisotopic (exact) mass is 305 g/mol. The summed E-state index contributed by atoms with van der Waals surface area (Å²) < 4.78 is 5.24. The summed E-state index contributed by atoms with van der Waals surface area (Å²) in [6.07, 6.45) is 3.30. The third-order valence-corrected chi connectivity index (χ3v) is 3.05. The Morgan fingerprint density at radius 2 is 2.09 bits per heavy atom. The molecule has 0 aliphatic heterocycles. The Hall–Kier alpha value is -2.50. The normalized spacial score (nSPS) is 11.2. The van der Waals surface area contributed by atoms with Crippen LogP contribution in [0.1, 0.15) is 26.7 Å². The van der Waals surface area contributed by atoms with Crippen LogP contribution >= 0.6 is 0 Å². The van der Waals surface area contributed by atoms with Crippen molar-refractivity contribution in [2.45, 2.75) is 32.7 Å². The first-order valence-electron chi connectivity index (χ1n) is 7.14. The molecule has 0 fully saturated rings. The highest BCUT2D eigenvalue weighted by Crippen LogP contribution is 2.27. The van der Waals surface area contributed by atoms with Gasteiger partial charge in [0.15, 0.2) is 0 Å². The van der Waals surface area contributed by atoms with Gasteiger partial charge in [-0.3, -0.25) is 4.79 Å². The van der Waals surface area contributed by atoms with Crippen LogP contribution in [0.2, 0.25) is 0 Å². The van der Waals surface area contributed by atoms with Crippen molar-refractivity contribution in [1.82, 2.24) is 5.32 Å². The van der Waals surface area contributed by atoms with Crippen LogP contribution in [0.5, 0.6) is 5.75 Å². The third kappa shape index (κ3) is 5.47. The predicted octanol–water partition coefficient (Wildman–Crippen LogP) is 3.13. The number of ether oxygens (including phenoxy) is 1. The van der Waals surface area contributed by atoms with Gasteiger partial charge in [-0.25, -0.2) is 4.79 Å². The van der Waals surface area contributed by atoms with Crippen molar-refractivity contribution in [3.8, 4) is 5.75 Å². The largest absolute Gasteiger partial charge is 0.494 e. The second kappa shape index (κ2) is 8.71. The van der Waals surface area contributed by atoms with E-state index in [9.17, 15) is 9.59 Å². The molecule has 1 aromatic carbocycles. The molecule has 6 heteroatoms. The molecule has 0 unspecified atom stereocenters. The van der Waals surface area contributed by atoms with E-state index >= 15 is 0 Å². The van der Waals surface area contributed by atoms with Crippen LogP contribution in [0.15, 0.2) is 30.9 Å².